The summed E-state index contributed by atoms with van der Waals surface area (Å²) in [6.07, 6.45) is -2.60. The minimum absolute atomic E-state index is 0.137. The molecule has 7 heteroatoms. The van der Waals surface area contributed by atoms with Crippen LogP contribution in [0, 0.1) is 12.3 Å². The second-order valence-corrected chi connectivity index (χ2v) is 6.68. The number of rotatable bonds is 3. The van der Waals surface area contributed by atoms with Crippen LogP contribution >= 0.6 is 11.3 Å². The molecule has 3 nitrogen and oxygen atoms in total. The largest absolute Gasteiger partial charge is 0.430 e. The second kappa shape index (κ2) is 6.33. The SMILES string of the molecule is Cc1ccc2cc(-c3ccnc(C(=N)C=C(N)C(F)(F)F)c3)sc2c1. The van der Waals surface area contributed by atoms with Gasteiger partial charge in [0.15, 0.2) is 0 Å². The average molecular weight is 361 g/mol. The van der Waals surface area contributed by atoms with Crippen LogP contribution in [0.4, 0.5) is 13.2 Å². The van der Waals surface area contributed by atoms with Crippen molar-refractivity contribution < 1.29 is 13.2 Å². The number of fused-ring (bicyclic) bond motifs is 1. The zero-order valence-electron chi connectivity index (χ0n) is 13.2. The van der Waals surface area contributed by atoms with Crippen molar-refractivity contribution in [2.45, 2.75) is 13.1 Å². The van der Waals surface area contributed by atoms with Crippen molar-refractivity contribution in [3.63, 3.8) is 0 Å². The number of nitrogens with two attached hydrogens (primary N) is 1. The molecule has 3 rings (SSSR count). The molecule has 0 bridgehead atoms. The molecular weight excluding hydrogens is 347 g/mol. The number of pyridine rings is 1. The third kappa shape index (κ3) is 3.71. The molecule has 0 unspecified atom stereocenters. The smallest absolute Gasteiger partial charge is 0.395 e. The number of benzene rings is 1. The second-order valence-electron chi connectivity index (χ2n) is 5.59. The summed E-state index contributed by atoms with van der Waals surface area (Å²) < 4.78 is 38.7. The molecule has 25 heavy (non-hydrogen) atoms. The fourth-order valence-corrected chi connectivity index (χ4v) is 3.48. The lowest BCUT2D eigenvalue weighted by Crippen LogP contribution is -2.20. The molecule has 0 aliphatic heterocycles. The van der Waals surface area contributed by atoms with E-state index < -0.39 is 11.9 Å². The first kappa shape index (κ1) is 17.2. The van der Waals surface area contributed by atoms with Gasteiger partial charge in [-0.3, -0.25) is 10.4 Å². The van der Waals surface area contributed by atoms with Crippen molar-refractivity contribution >= 4 is 27.1 Å². The standard InChI is InChI=1S/C18H14F3N3S/c1-10-2-3-11-8-16(25-15(11)6-10)12-4-5-24-14(7-12)13(22)9-17(23)18(19,20)21/h2-9,22H,23H2,1H3. The minimum Gasteiger partial charge on any atom is -0.395 e. The Hall–Kier alpha value is -2.67. The number of alkyl halides is 3. The van der Waals surface area contributed by atoms with E-state index in [0.29, 0.717) is 6.08 Å². The third-order valence-electron chi connectivity index (χ3n) is 3.62. The highest BCUT2D eigenvalue weighted by Crippen LogP contribution is 2.34. The molecule has 3 aromatic rings. The molecule has 0 aliphatic carbocycles. The number of thiophene rings is 1. The number of hydrogen-bond acceptors (Lipinski definition) is 4. The first-order valence-electron chi connectivity index (χ1n) is 7.34. The molecular formula is C18H14F3N3S. The summed E-state index contributed by atoms with van der Waals surface area (Å²) in [5.74, 6) is 0. The van der Waals surface area contributed by atoms with Crippen LogP contribution in [-0.4, -0.2) is 16.9 Å². The summed E-state index contributed by atoms with van der Waals surface area (Å²) in [7, 11) is 0. The molecule has 3 N–H and O–H groups in total. The summed E-state index contributed by atoms with van der Waals surface area (Å²) in [5, 5.41) is 8.92. The summed E-state index contributed by atoms with van der Waals surface area (Å²) in [6.45, 7) is 2.02. The van der Waals surface area contributed by atoms with Crippen LogP contribution in [0.25, 0.3) is 20.5 Å². The van der Waals surface area contributed by atoms with Gasteiger partial charge in [-0.05, 0) is 53.8 Å². The predicted molar refractivity (Wildman–Crippen MR) is 94.9 cm³/mol. The van der Waals surface area contributed by atoms with Crippen LogP contribution in [-0.2, 0) is 0 Å². The van der Waals surface area contributed by atoms with Crippen LogP contribution in [0.1, 0.15) is 11.3 Å². The van der Waals surface area contributed by atoms with E-state index in [1.807, 2.05) is 25.1 Å². The minimum atomic E-state index is -4.66. The quantitative estimate of drug-likeness (QED) is 0.642. The number of hydrogen-bond donors (Lipinski definition) is 2. The van der Waals surface area contributed by atoms with Gasteiger partial charge < -0.3 is 5.73 Å². The molecule has 0 spiro atoms. The van der Waals surface area contributed by atoms with E-state index in [1.165, 1.54) is 6.20 Å². The lowest BCUT2D eigenvalue weighted by molar-refractivity contribution is -0.0925. The van der Waals surface area contributed by atoms with Crippen molar-refractivity contribution in [1.29, 1.82) is 5.41 Å². The lowest BCUT2D eigenvalue weighted by Gasteiger charge is -2.07. The van der Waals surface area contributed by atoms with Gasteiger partial charge in [-0.2, -0.15) is 13.2 Å². The Morgan fingerprint density at radius 1 is 1.20 bits per heavy atom. The van der Waals surface area contributed by atoms with Crippen LogP contribution in [0.15, 0.2) is 54.4 Å². The summed E-state index contributed by atoms with van der Waals surface area (Å²) in [5.41, 5.74) is 5.37. The first-order valence-corrected chi connectivity index (χ1v) is 8.15. The van der Waals surface area contributed by atoms with E-state index in [9.17, 15) is 13.2 Å². The van der Waals surface area contributed by atoms with Crippen molar-refractivity contribution in [2.75, 3.05) is 0 Å². The molecule has 128 valence electrons. The van der Waals surface area contributed by atoms with Crippen molar-refractivity contribution in [2.24, 2.45) is 5.73 Å². The lowest BCUT2D eigenvalue weighted by atomic mass is 10.1. The van der Waals surface area contributed by atoms with Gasteiger partial charge in [0.1, 0.15) is 5.70 Å². The van der Waals surface area contributed by atoms with Gasteiger partial charge in [0, 0.05) is 15.8 Å². The van der Waals surface area contributed by atoms with Crippen LogP contribution < -0.4 is 5.73 Å². The van der Waals surface area contributed by atoms with Gasteiger partial charge in [-0.25, -0.2) is 0 Å². The Morgan fingerprint density at radius 2 is 1.96 bits per heavy atom. The Bertz CT molecular complexity index is 987. The van der Waals surface area contributed by atoms with Gasteiger partial charge in [-0.15, -0.1) is 11.3 Å². The van der Waals surface area contributed by atoms with Crippen molar-refractivity contribution in [3.8, 4) is 10.4 Å². The highest BCUT2D eigenvalue weighted by Gasteiger charge is 2.31. The molecule has 0 fully saturated rings. The summed E-state index contributed by atoms with van der Waals surface area (Å²) >= 11 is 1.58. The van der Waals surface area contributed by atoms with E-state index in [2.05, 4.69) is 11.1 Å². The fraction of sp³-hybridized carbons (Fsp3) is 0.111. The van der Waals surface area contributed by atoms with E-state index in [0.717, 1.165) is 26.1 Å². The van der Waals surface area contributed by atoms with Crippen LogP contribution in [0.3, 0.4) is 0 Å². The Balaban J connectivity index is 1.97. The van der Waals surface area contributed by atoms with Gasteiger partial charge in [-0.1, -0.05) is 12.1 Å². The van der Waals surface area contributed by atoms with E-state index in [1.54, 1.807) is 23.5 Å². The number of aryl methyl sites for hydroxylation is 1. The zero-order valence-corrected chi connectivity index (χ0v) is 14.0. The van der Waals surface area contributed by atoms with Crippen molar-refractivity contribution in [1.82, 2.24) is 4.98 Å². The topological polar surface area (TPSA) is 62.8 Å². The molecule has 0 radical (unpaired) electrons. The Labute approximate surface area is 146 Å². The van der Waals surface area contributed by atoms with Gasteiger partial charge in [0.05, 0.1) is 11.4 Å². The number of nitrogens with zero attached hydrogens (tertiary/aromatic N) is 1. The molecule has 2 aromatic heterocycles. The number of halogens is 3. The summed E-state index contributed by atoms with van der Waals surface area (Å²) in [4.78, 5) is 4.94. The molecule has 0 saturated carbocycles. The molecule has 0 aliphatic rings. The van der Waals surface area contributed by atoms with Crippen LogP contribution in [0.5, 0.6) is 0 Å². The van der Waals surface area contributed by atoms with E-state index in [-0.39, 0.29) is 11.4 Å². The molecule has 0 amide bonds. The highest BCUT2D eigenvalue weighted by atomic mass is 32.1. The number of allylic oxidation sites excluding steroid dienone is 2. The maximum atomic E-state index is 12.5. The van der Waals surface area contributed by atoms with Gasteiger partial charge in [0.2, 0.25) is 0 Å². The highest BCUT2D eigenvalue weighted by molar-refractivity contribution is 7.22. The van der Waals surface area contributed by atoms with E-state index >= 15 is 0 Å². The maximum Gasteiger partial charge on any atom is 0.430 e. The van der Waals surface area contributed by atoms with Crippen LogP contribution in [0.2, 0.25) is 0 Å². The monoisotopic (exact) mass is 361 g/mol. The fourth-order valence-electron chi connectivity index (χ4n) is 2.32. The predicted octanol–water partition coefficient (Wildman–Crippen LogP) is 5.04. The molecule has 2 heterocycles. The number of nitrogens with one attached hydrogen (secondary N) is 1. The first-order chi connectivity index (χ1) is 11.7. The van der Waals surface area contributed by atoms with E-state index in [4.69, 9.17) is 11.1 Å². The Kier molecular flexibility index (Phi) is 4.34. The zero-order chi connectivity index (χ0) is 18.2. The maximum absolute atomic E-state index is 12.5. The molecule has 0 saturated heterocycles. The normalized spacial score (nSPS) is 12.6. The number of aromatic nitrogens is 1. The Morgan fingerprint density at radius 3 is 2.68 bits per heavy atom. The average Bonchev–Trinajstić information content (AvgIpc) is 2.97. The third-order valence-corrected chi connectivity index (χ3v) is 4.77. The molecule has 1 aromatic carbocycles. The van der Waals surface area contributed by atoms with Gasteiger partial charge in [0.25, 0.3) is 0 Å². The molecule has 0 atom stereocenters. The van der Waals surface area contributed by atoms with Gasteiger partial charge >= 0.3 is 6.18 Å². The van der Waals surface area contributed by atoms with Crippen molar-refractivity contribution in [3.05, 3.63) is 65.6 Å². The summed E-state index contributed by atoms with van der Waals surface area (Å²) in [6, 6.07) is 11.5.